The third kappa shape index (κ3) is 5.30. The molecule has 1 heterocycles. The molecule has 6 heteroatoms. The van der Waals surface area contributed by atoms with E-state index in [1.54, 1.807) is 12.1 Å². The van der Waals surface area contributed by atoms with Gasteiger partial charge in [0.1, 0.15) is 5.75 Å². The Bertz CT molecular complexity index is 922. The molecule has 0 unspecified atom stereocenters. The summed E-state index contributed by atoms with van der Waals surface area (Å²) < 4.78 is 5.79. The van der Waals surface area contributed by atoms with Gasteiger partial charge in [-0.2, -0.15) is 0 Å². The molecular weight excluding hydrogens is 352 g/mol. The summed E-state index contributed by atoms with van der Waals surface area (Å²) in [7, 11) is 0. The molecule has 3 aromatic rings. The maximum atomic E-state index is 12.3. The Morgan fingerprint density at radius 2 is 1.75 bits per heavy atom. The van der Waals surface area contributed by atoms with E-state index < -0.39 is 0 Å². The summed E-state index contributed by atoms with van der Waals surface area (Å²) in [6, 6.07) is 19.0. The third-order valence-electron chi connectivity index (χ3n) is 3.98. The number of anilines is 2. The number of aryl methyl sites for hydroxylation is 1. The lowest BCUT2D eigenvalue weighted by atomic mass is 10.1. The van der Waals surface area contributed by atoms with Crippen molar-refractivity contribution in [2.75, 3.05) is 5.32 Å². The summed E-state index contributed by atoms with van der Waals surface area (Å²) in [5.41, 5.74) is 3.28. The number of benzene rings is 2. The van der Waals surface area contributed by atoms with Crippen LogP contribution in [0.4, 0.5) is 11.5 Å². The Hall–Kier alpha value is -3.41. The van der Waals surface area contributed by atoms with Crippen molar-refractivity contribution < 1.29 is 9.53 Å². The van der Waals surface area contributed by atoms with Gasteiger partial charge >= 0.3 is 0 Å². The summed E-state index contributed by atoms with van der Waals surface area (Å²) in [5, 5.41) is 14.2. The molecular formula is C22H24N4O2. The maximum absolute atomic E-state index is 12.3. The van der Waals surface area contributed by atoms with E-state index in [1.165, 1.54) is 5.56 Å². The minimum absolute atomic E-state index is 0.0636. The number of amides is 1. The zero-order valence-corrected chi connectivity index (χ0v) is 16.3. The maximum Gasteiger partial charge on any atom is 0.272 e. The highest BCUT2D eigenvalue weighted by molar-refractivity contribution is 5.92. The molecule has 0 saturated carbocycles. The fourth-order valence-corrected chi connectivity index (χ4v) is 2.56. The second kappa shape index (κ2) is 8.99. The Morgan fingerprint density at radius 1 is 1.00 bits per heavy atom. The van der Waals surface area contributed by atoms with E-state index in [9.17, 15) is 4.79 Å². The van der Waals surface area contributed by atoms with Gasteiger partial charge in [-0.15, -0.1) is 10.2 Å². The van der Waals surface area contributed by atoms with Crippen molar-refractivity contribution in [2.24, 2.45) is 0 Å². The number of carbonyl (C=O) groups excluding carboxylic acids is 1. The zero-order valence-electron chi connectivity index (χ0n) is 16.3. The number of nitrogens with one attached hydrogen (secondary N) is 2. The van der Waals surface area contributed by atoms with Gasteiger partial charge in [0.05, 0.1) is 11.8 Å². The van der Waals surface area contributed by atoms with Gasteiger partial charge in [0.2, 0.25) is 0 Å². The van der Waals surface area contributed by atoms with Crippen molar-refractivity contribution in [3.8, 4) is 5.75 Å². The molecule has 1 amide bonds. The monoisotopic (exact) mass is 376 g/mol. The van der Waals surface area contributed by atoms with Gasteiger partial charge in [0.15, 0.2) is 11.5 Å². The number of hydrogen-bond donors (Lipinski definition) is 2. The Morgan fingerprint density at radius 3 is 2.43 bits per heavy atom. The molecule has 3 rings (SSSR count). The van der Waals surface area contributed by atoms with Crippen LogP contribution in [-0.4, -0.2) is 22.2 Å². The lowest BCUT2D eigenvalue weighted by molar-refractivity contribution is 0.0945. The molecule has 0 spiro atoms. The first-order valence-corrected chi connectivity index (χ1v) is 9.21. The second-order valence-corrected chi connectivity index (χ2v) is 6.76. The number of carbonyl (C=O) groups is 1. The van der Waals surface area contributed by atoms with Gasteiger partial charge in [-0.3, -0.25) is 4.79 Å². The molecule has 2 aromatic carbocycles. The second-order valence-electron chi connectivity index (χ2n) is 6.76. The molecule has 1 aromatic heterocycles. The van der Waals surface area contributed by atoms with Crippen molar-refractivity contribution in [3.05, 3.63) is 77.5 Å². The number of rotatable bonds is 7. The van der Waals surface area contributed by atoms with E-state index in [4.69, 9.17) is 4.74 Å². The quantitative estimate of drug-likeness (QED) is 0.645. The average molecular weight is 376 g/mol. The van der Waals surface area contributed by atoms with Crippen LogP contribution >= 0.6 is 0 Å². The Balaban J connectivity index is 1.62. The van der Waals surface area contributed by atoms with E-state index in [1.807, 2.05) is 69.3 Å². The fraction of sp³-hybridized carbons (Fsp3) is 0.227. The standard InChI is InChI=1S/C22H24N4O2/c1-15(2)28-20-7-5-4-6-18(20)24-21-13-12-19(25-26-21)22(27)23-14-17-10-8-16(3)9-11-17/h4-13,15H,14H2,1-3H3,(H,23,27)(H,24,26). The van der Waals surface area contributed by atoms with Crippen LogP contribution in [0, 0.1) is 6.92 Å². The van der Waals surface area contributed by atoms with Crippen LogP contribution in [0.5, 0.6) is 5.75 Å². The lowest BCUT2D eigenvalue weighted by Gasteiger charge is -2.14. The van der Waals surface area contributed by atoms with Gasteiger partial charge in [0.25, 0.3) is 5.91 Å². The van der Waals surface area contributed by atoms with Crippen molar-refractivity contribution in [1.29, 1.82) is 0 Å². The number of para-hydroxylation sites is 2. The molecule has 2 N–H and O–H groups in total. The summed E-state index contributed by atoms with van der Waals surface area (Å²) in [6.45, 7) is 6.42. The Labute approximate surface area is 165 Å². The summed E-state index contributed by atoms with van der Waals surface area (Å²) in [6.07, 6.45) is 0.0636. The zero-order chi connectivity index (χ0) is 19.9. The average Bonchev–Trinajstić information content (AvgIpc) is 2.69. The van der Waals surface area contributed by atoms with E-state index in [2.05, 4.69) is 20.8 Å². The van der Waals surface area contributed by atoms with Crippen LogP contribution in [0.15, 0.2) is 60.7 Å². The predicted octanol–water partition coefficient (Wildman–Crippen LogP) is 4.25. The SMILES string of the molecule is Cc1ccc(CNC(=O)c2ccc(Nc3ccccc3OC(C)C)nn2)cc1. The summed E-state index contributed by atoms with van der Waals surface area (Å²) >= 11 is 0. The van der Waals surface area contributed by atoms with Gasteiger partial charge in [0, 0.05) is 6.54 Å². The van der Waals surface area contributed by atoms with Crippen molar-refractivity contribution in [1.82, 2.24) is 15.5 Å². The van der Waals surface area contributed by atoms with Crippen LogP contribution < -0.4 is 15.4 Å². The largest absolute Gasteiger partial charge is 0.489 e. The molecule has 0 aliphatic carbocycles. The van der Waals surface area contributed by atoms with E-state index >= 15 is 0 Å². The van der Waals surface area contributed by atoms with Crippen molar-refractivity contribution in [2.45, 2.75) is 33.4 Å². The molecule has 6 nitrogen and oxygen atoms in total. The topological polar surface area (TPSA) is 76.1 Å². The minimum Gasteiger partial charge on any atom is -0.489 e. The minimum atomic E-state index is -0.261. The molecule has 144 valence electrons. The van der Waals surface area contributed by atoms with Gasteiger partial charge in [-0.1, -0.05) is 42.0 Å². The van der Waals surface area contributed by atoms with Crippen molar-refractivity contribution >= 4 is 17.4 Å². The van der Waals surface area contributed by atoms with E-state index in [-0.39, 0.29) is 17.7 Å². The van der Waals surface area contributed by atoms with Gasteiger partial charge < -0.3 is 15.4 Å². The predicted molar refractivity (Wildman–Crippen MR) is 110 cm³/mol. The molecule has 0 aliphatic heterocycles. The van der Waals surface area contributed by atoms with Gasteiger partial charge in [-0.05, 0) is 50.6 Å². The molecule has 0 fully saturated rings. The number of aromatic nitrogens is 2. The number of nitrogens with zero attached hydrogens (tertiary/aromatic N) is 2. The van der Waals surface area contributed by atoms with E-state index in [0.717, 1.165) is 17.0 Å². The Kier molecular flexibility index (Phi) is 6.22. The van der Waals surface area contributed by atoms with Crippen LogP contribution in [0.1, 0.15) is 35.5 Å². The van der Waals surface area contributed by atoms with Crippen LogP contribution in [0.3, 0.4) is 0 Å². The first kappa shape index (κ1) is 19.4. The first-order chi connectivity index (χ1) is 13.5. The van der Waals surface area contributed by atoms with Crippen LogP contribution in [0.25, 0.3) is 0 Å². The molecule has 0 saturated heterocycles. The lowest BCUT2D eigenvalue weighted by Crippen LogP contribution is -2.24. The highest BCUT2D eigenvalue weighted by Gasteiger charge is 2.10. The third-order valence-corrected chi connectivity index (χ3v) is 3.98. The highest BCUT2D eigenvalue weighted by atomic mass is 16.5. The normalized spacial score (nSPS) is 10.6. The molecule has 0 radical (unpaired) electrons. The summed E-state index contributed by atoms with van der Waals surface area (Å²) in [4.78, 5) is 12.3. The van der Waals surface area contributed by atoms with Gasteiger partial charge in [-0.25, -0.2) is 0 Å². The molecule has 0 bridgehead atoms. The van der Waals surface area contributed by atoms with Crippen molar-refractivity contribution in [3.63, 3.8) is 0 Å². The first-order valence-electron chi connectivity index (χ1n) is 9.21. The smallest absolute Gasteiger partial charge is 0.272 e. The molecule has 0 aliphatic rings. The molecule has 0 atom stereocenters. The summed E-state index contributed by atoms with van der Waals surface area (Å²) in [5.74, 6) is 1.01. The number of ether oxygens (including phenoxy) is 1. The number of hydrogen-bond acceptors (Lipinski definition) is 5. The molecule has 28 heavy (non-hydrogen) atoms. The fourth-order valence-electron chi connectivity index (χ4n) is 2.56. The van der Waals surface area contributed by atoms with Crippen LogP contribution in [-0.2, 0) is 6.54 Å². The van der Waals surface area contributed by atoms with Crippen LogP contribution in [0.2, 0.25) is 0 Å². The van der Waals surface area contributed by atoms with E-state index in [0.29, 0.717) is 12.4 Å². The highest BCUT2D eigenvalue weighted by Crippen LogP contribution is 2.27.